The summed E-state index contributed by atoms with van der Waals surface area (Å²) in [6.07, 6.45) is 4.10. The van der Waals surface area contributed by atoms with E-state index in [1.807, 2.05) is 37.4 Å². The molecular weight excluding hydrogens is 406 g/mol. The van der Waals surface area contributed by atoms with Crippen LogP contribution in [0, 0.1) is 10.8 Å². The standard InChI is InChI=1S/C19H29N7OS2/c1-19(24,29-17(21)22)9-3-2-7-15(20)28-18(23)26-16(27)11-12-5-4-6-14-13(12)8-10-25-14/h4-6,8,10,16,20,25,27H,2-3,7,9,11,24H2,1H3,(H3,21,22)(H2,23,26). The number of aliphatic hydroxyl groups is 1. The van der Waals surface area contributed by atoms with Crippen LogP contribution in [0.2, 0.25) is 0 Å². The Morgan fingerprint density at radius 1 is 1.28 bits per heavy atom. The Kier molecular flexibility index (Phi) is 8.57. The summed E-state index contributed by atoms with van der Waals surface area (Å²) in [6.45, 7) is 1.85. The third kappa shape index (κ3) is 8.09. The lowest BCUT2D eigenvalue weighted by Gasteiger charge is -2.22. The van der Waals surface area contributed by atoms with E-state index in [4.69, 9.17) is 28.0 Å². The molecule has 0 spiro atoms. The first kappa shape index (κ1) is 23.3. The molecule has 1 heterocycles. The van der Waals surface area contributed by atoms with Gasteiger partial charge in [0.1, 0.15) is 0 Å². The summed E-state index contributed by atoms with van der Waals surface area (Å²) < 4.78 is 0. The molecule has 8 nitrogen and oxygen atoms in total. The molecule has 0 saturated heterocycles. The summed E-state index contributed by atoms with van der Waals surface area (Å²) in [5, 5.41) is 27.2. The summed E-state index contributed by atoms with van der Waals surface area (Å²) in [4.78, 5) is 6.67. The minimum atomic E-state index is -0.961. The Labute approximate surface area is 179 Å². The fraction of sp³-hybridized carbons (Fsp3) is 0.421. The molecule has 0 radical (unpaired) electrons. The maximum Gasteiger partial charge on any atom is 0.162 e. The van der Waals surface area contributed by atoms with Crippen molar-refractivity contribution in [1.82, 2.24) is 4.98 Å². The molecule has 10 N–H and O–H groups in total. The van der Waals surface area contributed by atoms with Gasteiger partial charge in [0.15, 0.2) is 16.6 Å². The molecule has 29 heavy (non-hydrogen) atoms. The Morgan fingerprint density at radius 2 is 2.03 bits per heavy atom. The number of aromatic amines is 1. The van der Waals surface area contributed by atoms with Crippen LogP contribution in [0.5, 0.6) is 0 Å². The molecule has 0 amide bonds. The highest BCUT2D eigenvalue weighted by Gasteiger charge is 2.20. The molecule has 10 heteroatoms. The summed E-state index contributed by atoms with van der Waals surface area (Å²) in [5.41, 5.74) is 19.3. The minimum absolute atomic E-state index is 0.00795. The molecule has 1 aromatic carbocycles. The molecule has 2 aromatic rings. The molecule has 1 aromatic heterocycles. The van der Waals surface area contributed by atoms with Gasteiger partial charge in [-0.25, -0.2) is 4.99 Å². The summed E-state index contributed by atoms with van der Waals surface area (Å²) in [5.74, 6) is 0. The number of H-pyrrole nitrogens is 1. The van der Waals surface area contributed by atoms with Gasteiger partial charge >= 0.3 is 0 Å². The largest absolute Gasteiger partial charge is 0.379 e. The lowest BCUT2D eigenvalue weighted by atomic mass is 10.1. The number of benzene rings is 1. The van der Waals surface area contributed by atoms with Crippen LogP contribution in [0.4, 0.5) is 0 Å². The number of nitrogens with zero attached hydrogens (tertiary/aromatic N) is 1. The number of nitrogens with two attached hydrogens (primary N) is 3. The highest BCUT2D eigenvalue weighted by molar-refractivity contribution is 8.26. The van der Waals surface area contributed by atoms with Crippen molar-refractivity contribution in [2.75, 3.05) is 0 Å². The number of unbranched alkanes of at least 4 members (excludes halogenated alkanes) is 1. The van der Waals surface area contributed by atoms with Gasteiger partial charge in [-0.3, -0.25) is 10.8 Å². The number of aromatic nitrogens is 1. The first-order chi connectivity index (χ1) is 13.7. The van der Waals surface area contributed by atoms with Gasteiger partial charge in [-0.05, 0) is 55.6 Å². The van der Waals surface area contributed by atoms with Crippen molar-refractivity contribution in [3.05, 3.63) is 36.0 Å². The zero-order valence-electron chi connectivity index (χ0n) is 16.4. The highest BCUT2D eigenvalue weighted by atomic mass is 32.2. The van der Waals surface area contributed by atoms with Gasteiger partial charge in [-0.2, -0.15) is 0 Å². The Hall–Kier alpha value is -2.01. The van der Waals surface area contributed by atoms with Gasteiger partial charge in [0, 0.05) is 23.5 Å². The van der Waals surface area contributed by atoms with Gasteiger partial charge in [-0.15, -0.1) is 0 Å². The van der Waals surface area contributed by atoms with Crippen LogP contribution in [-0.4, -0.2) is 36.6 Å². The predicted molar refractivity (Wildman–Crippen MR) is 126 cm³/mol. The van der Waals surface area contributed by atoms with E-state index in [0.717, 1.165) is 52.8 Å². The number of nitrogens with one attached hydrogen (secondary N) is 3. The molecule has 0 aliphatic rings. The third-order valence-electron chi connectivity index (χ3n) is 4.26. The van der Waals surface area contributed by atoms with E-state index >= 15 is 0 Å². The molecule has 158 valence electrons. The van der Waals surface area contributed by atoms with E-state index in [2.05, 4.69) is 9.98 Å². The van der Waals surface area contributed by atoms with E-state index in [9.17, 15) is 5.11 Å². The summed E-state index contributed by atoms with van der Waals surface area (Å²) in [6, 6.07) is 7.83. The van der Waals surface area contributed by atoms with E-state index in [-0.39, 0.29) is 10.3 Å². The van der Waals surface area contributed by atoms with Crippen LogP contribution in [0.1, 0.15) is 38.2 Å². The maximum atomic E-state index is 10.3. The van der Waals surface area contributed by atoms with Gasteiger partial charge in [0.2, 0.25) is 0 Å². The van der Waals surface area contributed by atoms with Gasteiger partial charge < -0.3 is 27.3 Å². The van der Waals surface area contributed by atoms with Crippen LogP contribution in [0.15, 0.2) is 35.5 Å². The topological polar surface area (TPSA) is 174 Å². The molecule has 2 atom stereocenters. The smallest absolute Gasteiger partial charge is 0.162 e. The van der Waals surface area contributed by atoms with Crippen molar-refractivity contribution in [3.63, 3.8) is 0 Å². The fourth-order valence-corrected chi connectivity index (χ4v) is 4.41. The predicted octanol–water partition coefficient (Wildman–Crippen LogP) is 2.92. The fourth-order valence-electron chi connectivity index (χ4n) is 2.99. The lowest BCUT2D eigenvalue weighted by Crippen LogP contribution is -2.34. The number of aliphatic hydroxyl groups excluding tert-OH is 1. The van der Waals surface area contributed by atoms with Crippen molar-refractivity contribution >= 4 is 49.8 Å². The molecule has 0 aliphatic heterocycles. The first-order valence-corrected chi connectivity index (χ1v) is 10.9. The van der Waals surface area contributed by atoms with Crippen LogP contribution < -0.4 is 17.2 Å². The molecule has 2 rings (SSSR count). The second kappa shape index (κ2) is 10.7. The third-order valence-corrected chi connectivity index (χ3v) is 5.92. The van der Waals surface area contributed by atoms with E-state index < -0.39 is 11.1 Å². The van der Waals surface area contributed by atoms with E-state index in [0.29, 0.717) is 24.3 Å². The summed E-state index contributed by atoms with van der Waals surface area (Å²) >= 11 is 2.21. The number of rotatable bonds is 9. The van der Waals surface area contributed by atoms with Crippen LogP contribution in [0.25, 0.3) is 10.9 Å². The molecule has 0 bridgehead atoms. The Bertz CT molecular complexity index is 878. The van der Waals surface area contributed by atoms with Gasteiger partial charge in [0.05, 0.1) is 9.91 Å². The molecule has 2 unspecified atom stereocenters. The van der Waals surface area contributed by atoms with Crippen molar-refractivity contribution in [2.24, 2.45) is 22.2 Å². The SMILES string of the molecule is CC(N)(CCCCC(=N)SC(N)=NC(O)Cc1cccc2[nH]ccc12)SC(=N)N. The van der Waals surface area contributed by atoms with E-state index in [1.54, 1.807) is 0 Å². The van der Waals surface area contributed by atoms with Crippen LogP contribution in [-0.2, 0) is 6.42 Å². The minimum Gasteiger partial charge on any atom is -0.379 e. The van der Waals surface area contributed by atoms with Crippen LogP contribution in [0.3, 0.4) is 0 Å². The summed E-state index contributed by atoms with van der Waals surface area (Å²) in [7, 11) is 0. The van der Waals surface area contributed by atoms with Crippen molar-refractivity contribution < 1.29 is 5.11 Å². The number of hydrogen-bond acceptors (Lipinski definition) is 7. The average molecular weight is 436 g/mol. The molecule has 0 fully saturated rings. The Morgan fingerprint density at radius 3 is 2.76 bits per heavy atom. The maximum absolute atomic E-state index is 10.3. The normalized spacial score (nSPS) is 15.2. The molecule has 0 aliphatic carbocycles. The number of fused-ring (bicyclic) bond motifs is 1. The Balaban J connectivity index is 1.76. The van der Waals surface area contributed by atoms with E-state index in [1.165, 1.54) is 0 Å². The van der Waals surface area contributed by atoms with Crippen molar-refractivity contribution in [3.8, 4) is 0 Å². The van der Waals surface area contributed by atoms with Gasteiger partial charge in [-0.1, -0.05) is 30.3 Å². The second-order valence-corrected chi connectivity index (χ2v) is 9.71. The van der Waals surface area contributed by atoms with Crippen molar-refractivity contribution in [2.45, 2.75) is 50.1 Å². The number of aliphatic imine (C=N–C) groups is 1. The molecule has 0 saturated carbocycles. The average Bonchev–Trinajstić information content (AvgIpc) is 3.07. The monoisotopic (exact) mass is 435 g/mol. The van der Waals surface area contributed by atoms with Crippen LogP contribution >= 0.6 is 23.5 Å². The highest BCUT2D eigenvalue weighted by Crippen LogP contribution is 2.25. The van der Waals surface area contributed by atoms with Gasteiger partial charge in [0.25, 0.3) is 0 Å². The number of hydrogen-bond donors (Lipinski definition) is 7. The number of amidine groups is 2. The zero-order chi connectivity index (χ0) is 21.4. The second-order valence-electron chi connectivity index (χ2n) is 7.02. The zero-order valence-corrected chi connectivity index (χ0v) is 18.1. The molecular formula is C19H29N7OS2. The number of thioether (sulfide) groups is 2. The van der Waals surface area contributed by atoms with Crippen molar-refractivity contribution in [1.29, 1.82) is 10.8 Å². The lowest BCUT2D eigenvalue weighted by molar-refractivity contribution is 0.186. The quantitative estimate of drug-likeness (QED) is 0.138. The first-order valence-electron chi connectivity index (χ1n) is 9.30.